The van der Waals surface area contributed by atoms with Crippen LogP contribution in [0.5, 0.6) is 11.5 Å². The summed E-state index contributed by atoms with van der Waals surface area (Å²) >= 11 is 3.31. The van der Waals surface area contributed by atoms with E-state index in [9.17, 15) is 4.39 Å². The molecule has 136 valence electrons. The molecule has 0 aliphatic rings. The van der Waals surface area contributed by atoms with Crippen molar-refractivity contribution >= 4 is 43.4 Å². The first-order valence-corrected chi connectivity index (χ1v) is 8.87. The normalized spacial score (nSPS) is 11.1. The van der Waals surface area contributed by atoms with Crippen LogP contribution in [0.25, 0.3) is 32.9 Å². The number of benzene rings is 2. The fourth-order valence-electron chi connectivity index (χ4n) is 3.11. The van der Waals surface area contributed by atoms with Gasteiger partial charge in [0, 0.05) is 33.1 Å². The molecule has 0 unspecified atom stereocenters. The maximum atomic E-state index is 13.8. The van der Waals surface area contributed by atoms with Gasteiger partial charge >= 0.3 is 0 Å². The average molecular weight is 428 g/mol. The lowest BCUT2D eigenvalue weighted by atomic mass is 10.0. The number of pyridine rings is 2. The van der Waals surface area contributed by atoms with E-state index in [0.29, 0.717) is 38.4 Å². The van der Waals surface area contributed by atoms with Gasteiger partial charge in [-0.1, -0.05) is 15.9 Å². The molecule has 0 aliphatic heterocycles. The zero-order valence-electron chi connectivity index (χ0n) is 14.6. The molecule has 4 aromatic rings. The van der Waals surface area contributed by atoms with Gasteiger partial charge in [-0.05, 0) is 35.7 Å². The third kappa shape index (κ3) is 3.04. The highest BCUT2D eigenvalue weighted by molar-refractivity contribution is 9.10. The number of halogens is 2. The van der Waals surface area contributed by atoms with Crippen LogP contribution in [0, 0.1) is 5.82 Å². The van der Waals surface area contributed by atoms with Crippen LogP contribution in [-0.4, -0.2) is 24.2 Å². The zero-order chi connectivity index (χ0) is 19.1. The molecular formula is C20H15BrFN3O2. The van der Waals surface area contributed by atoms with Gasteiger partial charge in [-0.25, -0.2) is 9.37 Å². The molecule has 0 saturated heterocycles. The van der Waals surface area contributed by atoms with Gasteiger partial charge in [0.15, 0.2) is 11.5 Å². The number of aromatic nitrogens is 2. The second kappa shape index (κ2) is 6.66. The van der Waals surface area contributed by atoms with Crippen LogP contribution in [0.3, 0.4) is 0 Å². The lowest BCUT2D eigenvalue weighted by Gasteiger charge is -2.12. The largest absolute Gasteiger partial charge is 0.493 e. The molecule has 0 saturated carbocycles. The lowest BCUT2D eigenvalue weighted by Crippen LogP contribution is -1.97. The van der Waals surface area contributed by atoms with E-state index in [2.05, 4.69) is 25.9 Å². The Morgan fingerprint density at radius 3 is 2.37 bits per heavy atom. The summed E-state index contributed by atoms with van der Waals surface area (Å²) in [4.78, 5) is 8.89. The second-order valence-electron chi connectivity index (χ2n) is 5.99. The predicted molar refractivity (Wildman–Crippen MR) is 108 cm³/mol. The minimum Gasteiger partial charge on any atom is -0.493 e. The average Bonchev–Trinajstić information content (AvgIpc) is 2.65. The van der Waals surface area contributed by atoms with Crippen molar-refractivity contribution in [1.82, 2.24) is 9.97 Å². The summed E-state index contributed by atoms with van der Waals surface area (Å²) in [5, 5.41) is 2.41. The first-order chi connectivity index (χ1) is 13.0. The topological polar surface area (TPSA) is 70.3 Å². The van der Waals surface area contributed by atoms with E-state index in [1.54, 1.807) is 26.5 Å². The maximum absolute atomic E-state index is 13.8. The zero-order valence-corrected chi connectivity index (χ0v) is 16.2. The van der Waals surface area contributed by atoms with Crippen LogP contribution in [-0.2, 0) is 0 Å². The maximum Gasteiger partial charge on any atom is 0.162 e. The minimum atomic E-state index is -0.356. The number of rotatable bonds is 3. The fraction of sp³-hybridized carbons (Fsp3) is 0.100. The van der Waals surface area contributed by atoms with Crippen LogP contribution < -0.4 is 15.2 Å². The summed E-state index contributed by atoms with van der Waals surface area (Å²) in [7, 11) is 3.15. The van der Waals surface area contributed by atoms with E-state index in [1.807, 2.05) is 18.2 Å². The van der Waals surface area contributed by atoms with Crippen molar-refractivity contribution in [2.45, 2.75) is 0 Å². The minimum absolute atomic E-state index is 0.326. The van der Waals surface area contributed by atoms with Crippen molar-refractivity contribution in [3.05, 3.63) is 52.9 Å². The Morgan fingerprint density at radius 1 is 0.926 bits per heavy atom. The van der Waals surface area contributed by atoms with Crippen molar-refractivity contribution in [2.75, 3.05) is 20.0 Å². The summed E-state index contributed by atoms with van der Waals surface area (Å²) in [5.41, 5.74) is 8.11. The molecule has 0 bridgehead atoms. The first kappa shape index (κ1) is 17.5. The molecule has 2 aromatic heterocycles. The van der Waals surface area contributed by atoms with Gasteiger partial charge < -0.3 is 15.2 Å². The van der Waals surface area contributed by atoms with Crippen molar-refractivity contribution in [2.24, 2.45) is 0 Å². The first-order valence-electron chi connectivity index (χ1n) is 8.07. The Labute approximate surface area is 163 Å². The summed E-state index contributed by atoms with van der Waals surface area (Å²) < 4.78 is 25.2. The van der Waals surface area contributed by atoms with Crippen molar-refractivity contribution in [3.8, 4) is 22.8 Å². The summed E-state index contributed by atoms with van der Waals surface area (Å²) in [6.07, 6.45) is 1.68. The summed E-state index contributed by atoms with van der Waals surface area (Å²) in [5.74, 6) is 1.15. The van der Waals surface area contributed by atoms with E-state index < -0.39 is 0 Å². The molecule has 4 rings (SSSR count). The second-order valence-corrected chi connectivity index (χ2v) is 6.91. The highest BCUT2D eigenvalue weighted by Crippen LogP contribution is 2.37. The SMILES string of the molecule is COc1cc2ncc3c(N)nc(-c4cc(F)cc(Br)c4)cc3c2cc1OC. The van der Waals surface area contributed by atoms with Crippen LogP contribution >= 0.6 is 15.9 Å². The summed E-state index contributed by atoms with van der Waals surface area (Å²) in [6, 6.07) is 10.2. The number of nitrogen functional groups attached to an aromatic ring is 1. The quantitative estimate of drug-likeness (QED) is 0.468. The molecule has 0 aliphatic carbocycles. The molecule has 7 heteroatoms. The van der Waals surface area contributed by atoms with Crippen LogP contribution in [0.1, 0.15) is 0 Å². The molecule has 0 fully saturated rings. The molecule has 27 heavy (non-hydrogen) atoms. The smallest absolute Gasteiger partial charge is 0.162 e. The van der Waals surface area contributed by atoms with E-state index in [1.165, 1.54) is 12.1 Å². The Balaban J connectivity index is 2.05. The fourth-order valence-corrected chi connectivity index (χ4v) is 3.57. The molecule has 0 atom stereocenters. The number of fused-ring (bicyclic) bond motifs is 3. The van der Waals surface area contributed by atoms with Crippen molar-refractivity contribution < 1.29 is 13.9 Å². The number of methoxy groups -OCH3 is 2. The molecule has 5 nitrogen and oxygen atoms in total. The van der Waals surface area contributed by atoms with Crippen LogP contribution in [0.2, 0.25) is 0 Å². The standard InChI is InChI=1S/C20H15BrFN3O2/c1-26-18-7-14-13-6-16(10-3-11(21)5-12(22)4-10)25-20(23)15(13)9-24-17(14)8-19(18)27-2/h3-9H,1-2H3,(H2,23,25). The van der Waals surface area contributed by atoms with Gasteiger partial charge in [0.05, 0.1) is 25.4 Å². The lowest BCUT2D eigenvalue weighted by molar-refractivity contribution is 0.356. The van der Waals surface area contributed by atoms with Crippen molar-refractivity contribution in [1.29, 1.82) is 0 Å². The van der Waals surface area contributed by atoms with Gasteiger partial charge in [-0.15, -0.1) is 0 Å². The number of hydrogen-bond donors (Lipinski definition) is 1. The molecule has 2 heterocycles. The summed E-state index contributed by atoms with van der Waals surface area (Å²) in [6.45, 7) is 0. The van der Waals surface area contributed by atoms with Gasteiger partial charge in [0.25, 0.3) is 0 Å². The Morgan fingerprint density at radius 2 is 1.67 bits per heavy atom. The highest BCUT2D eigenvalue weighted by atomic mass is 79.9. The Bertz CT molecular complexity index is 1180. The van der Waals surface area contributed by atoms with Gasteiger partial charge in [0.2, 0.25) is 0 Å². The number of hydrogen-bond acceptors (Lipinski definition) is 5. The number of nitrogens with zero attached hydrogens (tertiary/aromatic N) is 2. The number of anilines is 1. The van der Waals surface area contributed by atoms with E-state index in [0.717, 1.165) is 16.3 Å². The van der Waals surface area contributed by atoms with Crippen molar-refractivity contribution in [3.63, 3.8) is 0 Å². The number of ether oxygens (including phenoxy) is 2. The van der Waals surface area contributed by atoms with Gasteiger partial charge in [0.1, 0.15) is 11.6 Å². The van der Waals surface area contributed by atoms with Gasteiger partial charge in [-0.2, -0.15) is 0 Å². The van der Waals surface area contributed by atoms with E-state index in [4.69, 9.17) is 15.2 Å². The van der Waals surface area contributed by atoms with Gasteiger partial charge in [-0.3, -0.25) is 4.98 Å². The van der Waals surface area contributed by atoms with Crippen LogP contribution in [0.4, 0.5) is 10.2 Å². The molecule has 2 aromatic carbocycles. The Hall–Kier alpha value is -2.93. The van der Waals surface area contributed by atoms with Crippen LogP contribution in [0.15, 0.2) is 47.1 Å². The molecule has 0 radical (unpaired) electrons. The molecule has 0 spiro atoms. The third-order valence-corrected chi connectivity index (χ3v) is 4.83. The monoisotopic (exact) mass is 427 g/mol. The molecular weight excluding hydrogens is 413 g/mol. The molecule has 0 amide bonds. The molecule has 2 N–H and O–H groups in total. The Kier molecular flexibility index (Phi) is 4.31. The van der Waals surface area contributed by atoms with E-state index in [-0.39, 0.29) is 5.82 Å². The highest BCUT2D eigenvalue weighted by Gasteiger charge is 2.14. The third-order valence-electron chi connectivity index (χ3n) is 4.37. The number of nitrogens with two attached hydrogens (primary N) is 1. The van der Waals surface area contributed by atoms with E-state index >= 15 is 0 Å². The predicted octanol–water partition coefficient (Wildman–Crippen LogP) is 4.95.